The zero-order valence-electron chi connectivity index (χ0n) is 14.9. The summed E-state index contributed by atoms with van der Waals surface area (Å²) >= 11 is 12.7. The fourth-order valence-electron chi connectivity index (χ4n) is 3.33. The fourth-order valence-corrected chi connectivity index (χ4v) is 4.58. The molecule has 154 valence electrons. The highest BCUT2D eigenvalue weighted by atomic mass is 35.5. The number of rotatable bonds is 4. The van der Waals surface area contributed by atoms with E-state index >= 15 is 0 Å². The van der Waals surface area contributed by atoms with E-state index in [9.17, 15) is 19.0 Å². The van der Waals surface area contributed by atoms with Crippen LogP contribution < -0.4 is 9.64 Å². The molecule has 2 N–H and O–H groups in total. The Morgan fingerprint density at radius 2 is 2.03 bits per heavy atom. The maximum absolute atomic E-state index is 14.2. The van der Waals surface area contributed by atoms with Gasteiger partial charge in [-0.3, -0.25) is 0 Å². The third kappa shape index (κ3) is 4.00. The molecule has 3 aromatic rings. The van der Waals surface area contributed by atoms with Gasteiger partial charge in [0, 0.05) is 18.1 Å². The predicted molar refractivity (Wildman–Crippen MR) is 109 cm³/mol. The first-order valence-electron chi connectivity index (χ1n) is 8.74. The largest absolute Gasteiger partial charge is 0.489 e. The van der Waals surface area contributed by atoms with Crippen LogP contribution in [-0.4, -0.2) is 46.6 Å². The smallest absolute Gasteiger partial charge is 0.184 e. The Kier molecular flexibility index (Phi) is 5.56. The van der Waals surface area contributed by atoms with Gasteiger partial charge in [0.05, 0.1) is 5.69 Å². The molecule has 29 heavy (non-hydrogen) atoms. The number of nitrogens with zero attached hydrogens (tertiary/aromatic N) is 2. The van der Waals surface area contributed by atoms with E-state index in [1.807, 2.05) is 0 Å². The maximum atomic E-state index is 14.2. The Morgan fingerprint density at radius 3 is 2.76 bits per heavy atom. The minimum absolute atomic E-state index is 0.0175. The number of piperidine rings is 1. The molecule has 1 saturated heterocycles. The summed E-state index contributed by atoms with van der Waals surface area (Å²) in [5.41, 5.74) is -1.15. The van der Waals surface area contributed by atoms with Crippen LogP contribution in [0.3, 0.4) is 0 Å². The number of ether oxygens (including phenoxy) is 1. The first kappa shape index (κ1) is 20.6. The fraction of sp³-hybridized carbons (Fsp3) is 0.316. The van der Waals surface area contributed by atoms with Gasteiger partial charge in [0.2, 0.25) is 0 Å². The van der Waals surface area contributed by atoms with Crippen LogP contribution >= 0.6 is 34.5 Å². The molecule has 0 saturated carbocycles. The number of thiazole rings is 1. The second-order valence-corrected chi connectivity index (χ2v) is 8.91. The Morgan fingerprint density at radius 1 is 1.24 bits per heavy atom. The van der Waals surface area contributed by atoms with E-state index in [4.69, 9.17) is 27.9 Å². The predicted octanol–water partition coefficient (Wildman–Crippen LogP) is 4.26. The van der Waals surface area contributed by atoms with E-state index in [0.29, 0.717) is 22.7 Å². The van der Waals surface area contributed by atoms with Crippen molar-refractivity contribution in [1.29, 1.82) is 0 Å². The molecule has 0 aliphatic carbocycles. The number of hydrogen-bond acceptors (Lipinski definition) is 6. The van der Waals surface area contributed by atoms with Gasteiger partial charge in [0.1, 0.15) is 40.1 Å². The lowest BCUT2D eigenvalue weighted by molar-refractivity contribution is -0.108. The molecule has 1 aromatic heterocycles. The summed E-state index contributed by atoms with van der Waals surface area (Å²) in [6, 6.07) is 6.94. The average molecular weight is 461 g/mol. The molecule has 0 spiro atoms. The van der Waals surface area contributed by atoms with Gasteiger partial charge in [0.15, 0.2) is 10.3 Å². The second kappa shape index (κ2) is 7.85. The van der Waals surface area contributed by atoms with Gasteiger partial charge in [-0.25, -0.2) is 13.8 Å². The first-order valence-corrected chi connectivity index (χ1v) is 10.3. The number of aromatic nitrogens is 1. The standard InChI is InChI=1S/C19H16Cl2F2N2O3S/c20-10-1-3-13(12(23)7-10)25-6-5-19(27,15(26)8-25)9-28-14-4-2-11(22)16-17(14)29-18(21)24-16/h1-4,7,15,26-27H,5-6,8-9H2/t15-,19-/m1/s1. The van der Waals surface area contributed by atoms with E-state index in [1.165, 1.54) is 24.3 Å². The minimum Gasteiger partial charge on any atom is -0.489 e. The molecule has 4 rings (SSSR count). The summed E-state index contributed by atoms with van der Waals surface area (Å²) in [7, 11) is 0. The molecular weight excluding hydrogens is 445 g/mol. The Bertz CT molecular complexity index is 1070. The minimum atomic E-state index is -1.55. The number of aliphatic hydroxyl groups is 2. The normalized spacial score (nSPS) is 22.3. The Hall–Kier alpha value is -1.71. The molecule has 0 amide bonds. The summed E-state index contributed by atoms with van der Waals surface area (Å²) in [4.78, 5) is 5.57. The van der Waals surface area contributed by atoms with E-state index < -0.39 is 23.3 Å². The number of β-amino-alcohol motifs (C(OH)–C–C–N with tert-alkyl or cyclic N) is 1. The maximum Gasteiger partial charge on any atom is 0.184 e. The number of halogens is 4. The average Bonchev–Trinajstić information content (AvgIpc) is 3.06. The van der Waals surface area contributed by atoms with Crippen LogP contribution in [0.5, 0.6) is 5.75 Å². The van der Waals surface area contributed by atoms with Crippen molar-refractivity contribution in [3.8, 4) is 5.75 Å². The van der Waals surface area contributed by atoms with Gasteiger partial charge in [-0.1, -0.05) is 34.5 Å². The number of aliphatic hydroxyl groups excluding tert-OH is 1. The van der Waals surface area contributed by atoms with Crippen LogP contribution in [0.25, 0.3) is 10.2 Å². The van der Waals surface area contributed by atoms with Gasteiger partial charge < -0.3 is 19.8 Å². The van der Waals surface area contributed by atoms with Crippen molar-refractivity contribution in [1.82, 2.24) is 4.98 Å². The van der Waals surface area contributed by atoms with Crippen molar-refractivity contribution >= 4 is 50.4 Å². The van der Waals surface area contributed by atoms with Gasteiger partial charge in [0.25, 0.3) is 0 Å². The molecule has 2 heterocycles. The lowest BCUT2D eigenvalue weighted by atomic mass is 9.89. The third-order valence-electron chi connectivity index (χ3n) is 4.99. The number of fused-ring (bicyclic) bond motifs is 1. The lowest BCUT2D eigenvalue weighted by Crippen LogP contribution is -2.58. The third-order valence-corrected chi connectivity index (χ3v) is 6.40. The van der Waals surface area contributed by atoms with Crippen molar-refractivity contribution in [2.45, 2.75) is 18.1 Å². The van der Waals surface area contributed by atoms with Crippen LogP contribution in [-0.2, 0) is 0 Å². The number of benzene rings is 2. The molecule has 1 aliphatic heterocycles. The Balaban J connectivity index is 1.48. The number of anilines is 1. The molecule has 5 nitrogen and oxygen atoms in total. The summed E-state index contributed by atoms with van der Waals surface area (Å²) in [5, 5.41) is 21.7. The molecule has 1 fully saturated rings. The lowest BCUT2D eigenvalue weighted by Gasteiger charge is -2.42. The number of hydrogen-bond donors (Lipinski definition) is 2. The van der Waals surface area contributed by atoms with Crippen molar-refractivity contribution in [3.63, 3.8) is 0 Å². The monoisotopic (exact) mass is 460 g/mol. The van der Waals surface area contributed by atoms with Gasteiger partial charge >= 0.3 is 0 Å². The van der Waals surface area contributed by atoms with Crippen molar-refractivity contribution < 1.29 is 23.7 Å². The topological polar surface area (TPSA) is 65.8 Å². The molecule has 10 heteroatoms. The molecular formula is C19H16Cl2F2N2O3S. The van der Waals surface area contributed by atoms with E-state index in [1.54, 1.807) is 11.0 Å². The second-order valence-electron chi connectivity index (χ2n) is 6.89. The van der Waals surface area contributed by atoms with Gasteiger partial charge in [-0.15, -0.1) is 0 Å². The van der Waals surface area contributed by atoms with Crippen molar-refractivity contribution in [2.75, 3.05) is 24.6 Å². The summed E-state index contributed by atoms with van der Waals surface area (Å²) < 4.78 is 34.3. The SMILES string of the molecule is O[C@@H]1CN(c2ccc(Cl)cc2F)CC[C@@]1(O)COc1ccc(F)c2nc(Cl)sc12. The van der Waals surface area contributed by atoms with Crippen molar-refractivity contribution in [2.24, 2.45) is 0 Å². The molecule has 0 unspecified atom stereocenters. The highest BCUT2D eigenvalue weighted by Crippen LogP contribution is 2.36. The molecule has 2 aromatic carbocycles. The highest BCUT2D eigenvalue weighted by molar-refractivity contribution is 7.22. The Labute approximate surface area is 179 Å². The zero-order chi connectivity index (χ0) is 20.8. The van der Waals surface area contributed by atoms with Crippen LogP contribution in [0.2, 0.25) is 9.49 Å². The highest BCUT2D eigenvalue weighted by Gasteiger charge is 2.42. The van der Waals surface area contributed by atoms with Crippen LogP contribution in [0.4, 0.5) is 14.5 Å². The van der Waals surface area contributed by atoms with E-state index in [0.717, 1.165) is 11.3 Å². The van der Waals surface area contributed by atoms with Crippen LogP contribution in [0.15, 0.2) is 30.3 Å². The van der Waals surface area contributed by atoms with E-state index in [2.05, 4.69) is 4.98 Å². The van der Waals surface area contributed by atoms with Crippen LogP contribution in [0.1, 0.15) is 6.42 Å². The quantitative estimate of drug-likeness (QED) is 0.608. The summed E-state index contributed by atoms with van der Waals surface area (Å²) in [6.45, 7) is 0.103. The molecule has 2 atom stereocenters. The molecule has 0 radical (unpaired) electrons. The molecule has 1 aliphatic rings. The van der Waals surface area contributed by atoms with Crippen LogP contribution in [0, 0.1) is 11.6 Å². The summed E-state index contributed by atoms with van der Waals surface area (Å²) in [5.74, 6) is -0.702. The van der Waals surface area contributed by atoms with Crippen molar-refractivity contribution in [3.05, 3.63) is 51.5 Å². The van der Waals surface area contributed by atoms with E-state index in [-0.39, 0.29) is 34.6 Å². The summed E-state index contributed by atoms with van der Waals surface area (Å²) in [6.07, 6.45) is -1.04. The van der Waals surface area contributed by atoms with Gasteiger partial charge in [-0.2, -0.15) is 0 Å². The zero-order valence-corrected chi connectivity index (χ0v) is 17.2. The first-order chi connectivity index (χ1) is 13.8. The van der Waals surface area contributed by atoms with Gasteiger partial charge in [-0.05, 0) is 36.8 Å². The molecule has 0 bridgehead atoms.